The molecule has 7 heteroatoms. The molecule has 1 aliphatic rings. The highest BCUT2D eigenvalue weighted by Gasteiger charge is 2.31. The fraction of sp³-hybridized carbons (Fsp3) is 0.467. The number of carbonyl (C=O) groups excluding carboxylic acids is 2. The third-order valence-electron chi connectivity index (χ3n) is 3.83. The molecule has 0 heterocycles. The summed E-state index contributed by atoms with van der Waals surface area (Å²) in [5.41, 5.74) is 6.01. The summed E-state index contributed by atoms with van der Waals surface area (Å²) in [5, 5.41) is 5.16. The molecule has 2 atom stereocenters. The van der Waals surface area contributed by atoms with Crippen molar-refractivity contribution in [3.8, 4) is 0 Å². The van der Waals surface area contributed by atoms with Crippen LogP contribution in [0.5, 0.6) is 0 Å². The van der Waals surface area contributed by atoms with E-state index in [9.17, 15) is 14.0 Å². The molecule has 4 N–H and O–H groups in total. The van der Waals surface area contributed by atoms with E-state index in [1.807, 2.05) is 0 Å². The summed E-state index contributed by atoms with van der Waals surface area (Å²) in [7, 11) is 0. The Kier molecular flexibility index (Phi) is 7.27. The van der Waals surface area contributed by atoms with Gasteiger partial charge in [0.25, 0.3) is 0 Å². The highest BCUT2D eigenvalue weighted by molar-refractivity contribution is 5.94. The first-order valence-corrected chi connectivity index (χ1v) is 7.13. The largest absolute Gasteiger partial charge is 0.347 e. The van der Waals surface area contributed by atoms with E-state index in [0.29, 0.717) is 12.2 Å². The Bertz CT molecular complexity index is 527. The van der Waals surface area contributed by atoms with Crippen LogP contribution < -0.4 is 16.4 Å². The molecule has 0 radical (unpaired) electrons. The minimum absolute atomic E-state index is 0. The maximum Gasteiger partial charge on any atom is 0.243 e. The first kappa shape index (κ1) is 18.4. The Morgan fingerprint density at radius 3 is 2.77 bits per heavy atom. The lowest BCUT2D eigenvalue weighted by Crippen LogP contribution is -2.39. The van der Waals surface area contributed by atoms with E-state index in [0.717, 1.165) is 19.3 Å². The zero-order valence-corrected chi connectivity index (χ0v) is 13.0. The molecule has 0 bridgehead atoms. The molecule has 1 fully saturated rings. The molecule has 22 heavy (non-hydrogen) atoms. The third-order valence-corrected chi connectivity index (χ3v) is 3.83. The van der Waals surface area contributed by atoms with Crippen LogP contribution in [-0.2, 0) is 9.59 Å². The van der Waals surface area contributed by atoms with Gasteiger partial charge in [0.2, 0.25) is 11.8 Å². The lowest BCUT2D eigenvalue weighted by molar-refractivity contribution is -0.128. The molecule has 5 nitrogen and oxygen atoms in total. The van der Waals surface area contributed by atoms with E-state index < -0.39 is 5.82 Å². The lowest BCUT2D eigenvalue weighted by Gasteiger charge is -2.17. The number of hydrogen-bond donors (Lipinski definition) is 3. The van der Waals surface area contributed by atoms with Crippen molar-refractivity contribution in [2.45, 2.75) is 19.3 Å². The lowest BCUT2D eigenvalue weighted by atomic mass is 9.95. The van der Waals surface area contributed by atoms with E-state index in [4.69, 9.17) is 5.73 Å². The topological polar surface area (TPSA) is 84.2 Å². The van der Waals surface area contributed by atoms with Crippen molar-refractivity contribution in [1.29, 1.82) is 0 Å². The zero-order chi connectivity index (χ0) is 15.2. The van der Waals surface area contributed by atoms with Crippen LogP contribution in [-0.4, -0.2) is 24.9 Å². The van der Waals surface area contributed by atoms with Crippen LogP contribution in [0.15, 0.2) is 24.3 Å². The van der Waals surface area contributed by atoms with Crippen LogP contribution >= 0.6 is 12.4 Å². The van der Waals surface area contributed by atoms with Crippen LogP contribution in [0.4, 0.5) is 10.1 Å². The van der Waals surface area contributed by atoms with Gasteiger partial charge in [-0.1, -0.05) is 12.5 Å². The number of hydrogen-bond acceptors (Lipinski definition) is 3. The number of carbonyl (C=O) groups is 2. The van der Waals surface area contributed by atoms with Gasteiger partial charge >= 0.3 is 0 Å². The van der Waals surface area contributed by atoms with E-state index in [1.54, 1.807) is 6.07 Å². The summed E-state index contributed by atoms with van der Waals surface area (Å²) < 4.78 is 13.0. The molecule has 1 aromatic rings. The predicted molar refractivity (Wildman–Crippen MR) is 85.2 cm³/mol. The molecular weight excluding hydrogens is 309 g/mol. The van der Waals surface area contributed by atoms with E-state index in [1.165, 1.54) is 18.2 Å². The Labute approximate surface area is 135 Å². The average molecular weight is 330 g/mol. The van der Waals surface area contributed by atoms with Gasteiger partial charge in [-0.25, -0.2) is 4.39 Å². The molecule has 0 saturated heterocycles. The quantitative estimate of drug-likeness (QED) is 0.768. The Hall–Kier alpha value is -1.66. The number of nitrogens with one attached hydrogen (secondary N) is 2. The van der Waals surface area contributed by atoms with Crippen LogP contribution in [0, 0.1) is 17.7 Å². The minimum atomic E-state index is -0.423. The van der Waals surface area contributed by atoms with Gasteiger partial charge in [-0.3, -0.25) is 9.59 Å². The second-order valence-electron chi connectivity index (χ2n) is 5.31. The molecular formula is C15H21ClFN3O2. The van der Waals surface area contributed by atoms with E-state index >= 15 is 0 Å². The van der Waals surface area contributed by atoms with Gasteiger partial charge in [0.15, 0.2) is 0 Å². The highest BCUT2D eigenvalue weighted by atomic mass is 35.5. The van der Waals surface area contributed by atoms with Crippen molar-refractivity contribution in [2.75, 3.05) is 18.4 Å². The maximum absolute atomic E-state index is 13.0. The highest BCUT2D eigenvalue weighted by Crippen LogP contribution is 2.30. The molecule has 1 aromatic carbocycles. The Morgan fingerprint density at radius 1 is 1.32 bits per heavy atom. The summed E-state index contributed by atoms with van der Waals surface area (Å²) in [6.45, 7) is 0.372. The van der Waals surface area contributed by atoms with E-state index in [2.05, 4.69) is 10.6 Å². The van der Waals surface area contributed by atoms with Gasteiger partial charge in [-0.05, 0) is 43.5 Å². The molecule has 122 valence electrons. The number of amides is 2. The maximum atomic E-state index is 13.0. The minimum Gasteiger partial charge on any atom is -0.347 e. The zero-order valence-electron chi connectivity index (χ0n) is 12.2. The summed E-state index contributed by atoms with van der Waals surface area (Å²) in [6.07, 6.45) is 2.78. The average Bonchev–Trinajstić information content (AvgIpc) is 2.93. The summed E-state index contributed by atoms with van der Waals surface area (Å²) in [5.74, 6) is -0.824. The number of anilines is 1. The van der Waals surface area contributed by atoms with Gasteiger partial charge in [0.05, 0.1) is 6.54 Å². The fourth-order valence-corrected chi connectivity index (χ4v) is 2.73. The Morgan fingerprint density at radius 2 is 2.09 bits per heavy atom. The van der Waals surface area contributed by atoms with Crippen molar-refractivity contribution in [3.63, 3.8) is 0 Å². The van der Waals surface area contributed by atoms with Crippen molar-refractivity contribution in [2.24, 2.45) is 17.6 Å². The second kappa shape index (κ2) is 8.70. The molecule has 0 aliphatic heterocycles. The first-order chi connectivity index (χ1) is 10.1. The third kappa shape index (κ3) is 4.96. The molecule has 1 saturated carbocycles. The van der Waals surface area contributed by atoms with Crippen LogP contribution in [0.25, 0.3) is 0 Å². The molecule has 0 unspecified atom stereocenters. The van der Waals surface area contributed by atoms with Crippen LogP contribution in [0.3, 0.4) is 0 Å². The SMILES string of the molecule is Cl.NC[C@H]1CCC[C@H]1C(=O)NCC(=O)Nc1cccc(F)c1. The summed E-state index contributed by atoms with van der Waals surface area (Å²) in [4.78, 5) is 23.7. The standard InChI is InChI=1S/C15H20FN3O2.ClH/c16-11-4-2-5-12(7-11)19-14(20)9-18-15(21)13-6-1-3-10(13)8-17;/h2,4-5,7,10,13H,1,3,6,8-9,17H2,(H,18,21)(H,19,20);1H/t10-,13-;/m1./s1. The van der Waals surface area contributed by atoms with Crippen molar-refractivity contribution < 1.29 is 14.0 Å². The second-order valence-corrected chi connectivity index (χ2v) is 5.31. The monoisotopic (exact) mass is 329 g/mol. The molecule has 2 rings (SSSR count). The van der Waals surface area contributed by atoms with Crippen LogP contribution in [0.2, 0.25) is 0 Å². The van der Waals surface area contributed by atoms with E-state index in [-0.39, 0.29) is 42.6 Å². The summed E-state index contributed by atoms with van der Waals surface area (Å²) >= 11 is 0. The molecule has 2 amide bonds. The van der Waals surface area contributed by atoms with Crippen molar-refractivity contribution in [3.05, 3.63) is 30.1 Å². The number of benzene rings is 1. The van der Waals surface area contributed by atoms with Gasteiger partial charge in [0.1, 0.15) is 5.82 Å². The number of nitrogens with two attached hydrogens (primary N) is 1. The van der Waals surface area contributed by atoms with Crippen molar-refractivity contribution in [1.82, 2.24) is 5.32 Å². The Balaban J connectivity index is 0.00000242. The number of rotatable bonds is 5. The van der Waals surface area contributed by atoms with Gasteiger partial charge in [0, 0.05) is 11.6 Å². The van der Waals surface area contributed by atoms with Crippen molar-refractivity contribution >= 4 is 29.9 Å². The first-order valence-electron chi connectivity index (χ1n) is 7.13. The van der Waals surface area contributed by atoms with Gasteiger partial charge in [-0.2, -0.15) is 0 Å². The smallest absolute Gasteiger partial charge is 0.243 e. The molecule has 0 spiro atoms. The van der Waals surface area contributed by atoms with Gasteiger partial charge < -0.3 is 16.4 Å². The van der Waals surface area contributed by atoms with Crippen LogP contribution in [0.1, 0.15) is 19.3 Å². The normalized spacial score (nSPS) is 20.1. The molecule has 0 aromatic heterocycles. The predicted octanol–water partition coefficient (Wildman–Crippen LogP) is 1.68. The van der Waals surface area contributed by atoms with Gasteiger partial charge in [-0.15, -0.1) is 12.4 Å². The molecule has 1 aliphatic carbocycles. The fourth-order valence-electron chi connectivity index (χ4n) is 2.73. The summed E-state index contributed by atoms with van der Waals surface area (Å²) in [6, 6.07) is 5.61. The number of halogens is 2.